The first-order chi connectivity index (χ1) is 17.1. The van der Waals surface area contributed by atoms with E-state index in [4.69, 9.17) is 9.47 Å². The van der Waals surface area contributed by atoms with E-state index in [2.05, 4.69) is 15.3 Å². The SMILES string of the molecule is COCCNCc1ccc(-c2cc3nccc(Oc4ccc(CC(=O)C5CC5)cc4F)c3s2)nc1. The number of thiophene rings is 1. The molecule has 1 N–H and O–H groups in total. The lowest BCUT2D eigenvalue weighted by Gasteiger charge is -2.09. The van der Waals surface area contributed by atoms with Crippen molar-refractivity contribution in [2.24, 2.45) is 5.92 Å². The highest BCUT2D eigenvalue weighted by atomic mass is 32.1. The number of rotatable bonds is 11. The molecule has 35 heavy (non-hydrogen) atoms. The largest absolute Gasteiger partial charge is 0.453 e. The highest BCUT2D eigenvalue weighted by Crippen LogP contribution is 2.39. The number of carbonyl (C=O) groups excluding carboxylic acids is 1. The van der Waals surface area contributed by atoms with Gasteiger partial charge in [0.05, 0.1) is 27.4 Å². The summed E-state index contributed by atoms with van der Waals surface area (Å²) in [6.45, 7) is 2.17. The van der Waals surface area contributed by atoms with Crippen molar-refractivity contribution in [3.8, 4) is 22.1 Å². The van der Waals surface area contributed by atoms with Gasteiger partial charge in [0, 0.05) is 51.0 Å². The van der Waals surface area contributed by atoms with Crippen molar-refractivity contribution in [1.82, 2.24) is 15.3 Å². The number of benzene rings is 1. The molecule has 1 saturated carbocycles. The van der Waals surface area contributed by atoms with Gasteiger partial charge in [-0.05, 0) is 48.2 Å². The Morgan fingerprint density at radius 2 is 1.97 bits per heavy atom. The minimum atomic E-state index is -0.482. The number of fused-ring (bicyclic) bond motifs is 1. The number of ketones is 1. The third-order valence-electron chi connectivity index (χ3n) is 5.89. The second-order valence-electron chi connectivity index (χ2n) is 8.64. The van der Waals surface area contributed by atoms with Crippen LogP contribution in [0.3, 0.4) is 0 Å². The molecule has 0 saturated heterocycles. The number of halogens is 1. The van der Waals surface area contributed by atoms with Crippen LogP contribution in [0.5, 0.6) is 11.5 Å². The van der Waals surface area contributed by atoms with E-state index in [9.17, 15) is 9.18 Å². The summed E-state index contributed by atoms with van der Waals surface area (Å²) in [4.78, 5) is 22.1. The third kappa shape index (κ3) is 5.73. The summed E-state index contributed by atoms with van der Waals surface area (Å²) in [6, 6.07) is 12.5. The monoisotopic (exact) mass is 491 g/mol. The topological polar surface area (TPSA) is 73.3 Å². The number of aromatic nitrogens is 2. The number of methoxy groups -OCH3 is 1. The minimum absolute atomic E-state index is 0.124. The second kappa shape index (κ2) is 10.6. The highest BCUT2D eigenvalue weighted by molar-refractivity contribution is 7.22. The fourth-order valence-corrected chi connectivity index (χ4v) is 4.85. The number of carbonyl (C=O) groups is 1. The van der Waals surface area contributed by atoms with E-state index in [1.54, 1.807) is 31.5 Å². The molecule has 0 atom stereocenters. The predicted octanol–water partition coefficient (Wildman–Crippen LogP) is 5.55. The molecule has 0 radical (unpaired) electrons. The summed E-state index contributed by atoms with van der Waals surface area (Å²) >= 11 is 1.50. The van der Waals surface area contributed by atoms with Crippen molar-refractivity contribution in [3.63, 3.8) is 0 Å². The van der Waals surface area contributed by atoms with Crippen molar-refractivity contribution in [2.75, 3.05) is 20.3 Å². The average Bonchev–Trinajstić information content (AvgIpc) is 3.63. The third-order valence-corrected chi connectivity index (χ3v) is 7.05. The first-order valence-corrected chi connectivity index (χ1v) is 12.4. The molecular weight excluding hydrogens is 465 g/mol. The van der Waals surface area contributed by atoms with Gasteiger partial charge >= 0.3 is 0 Å². The molecule has 3 aromatic heterocycles. The maximum absolute atomic E-state index is 14.8. The van der Waals surface area contributed by atoms with Gasteiger partial charge in [0.15, 0.2) is 11.6 Å². The number of ether oxygens (including phenoxy) is 2. The van der Waals surface area contributed by atoms with Crippen molar-refractivity contribution < 1.29 is 18.7 Å². The molecule has 0 spiro atoms. The Morgan fingerprint density at radius 1 is 1.11 bits per heavy atom. The Bertz CT molecular complexity index is 1340. The van der Waals surface area contributed by atoms with Crippen LogP contribution in [0.15, 0.2) is 54.9 Å². The van der Waals surface area contributed by atoms with Gasteiger partial charge < -0.3 is 14.8 Å². The molecule has 0 aliphatic heterocycles. The molecule has 0 amide bonds. The first-order valence-electron chi connectivity index (χ1n) is 11.6. The minimum Gasteiger partial charge on any atom is -0.453 e. The van der Waals surface area contributed by atoms with Crippen LogP contribution in [0.2, 0.25) is 0 Å². The highest BCUT2D eigenvalue weighted by Gasteiger charge is 2.29. The van der Waals surface area contributed by atoms with Gasteiger partial charge in [0.25, 0.3) is 0 Å². The maximum atomic E-state index is 14.8. The van der Waals surface area contributed by atoms with Gasteiger partial charge in [-0.25, -0.2) is 4.39 Å². The predicted molar refractivity (Wildman–Crippen MR) is 134 cm³/mol. The van der Waals surface area contributed by atoms with Crippen molar-refractivity contribution in [2.45, 2.75) is 25.8 Å². The van der Waals surface area contributed by atoms with Crippen molar-refractivity contribution in [1.29, 1.82) is 0 Å². The number of hydrogen-bond donors (Lipinski definition) is 1. The van der Waals surface area contributed by atoms with Crippen LogP contribution in [0.4, 0.5) is 4.39 Å². The average molecular weight is 492 g/mol. The van der Waals surface area contributed by atoms with Gasteiger partial charge in [-0.3, -0.25) is 14.8 Å². The Balaban J connectivity index is 1.31. The molecule has 1 aliphatic carbocycles. The maximum Gasteiger partial charge on any atom is 0.166 e. The van der Waals surface area contributed by atoms with E-state index in [1.807, 2.05) is 24.4 Å². The molecule has 3 heterocycles. The number of hydrogen-bond acceptors (Lipinski definition) is 7. The van der Waals surface area contributed by atoms with Crippen LogP contribution in [-0.4, -0.2) is 36.0 Å². The number of Topliss-reactive ketones (excluding diaryl/α,β-unsaturated/α-hetero) is 1. The Labute approximate surface area is 207 Å². The molecule has 0 bridgehead atoms. The zero-order valence-corrected chi connectivity index (χ0v) is 20.2. The van der Waals surface area contributed by atoms with Crippen LogP contribution >= 0.6 is 11.3 Å². The second-order valence-corrected chi connectivity index (χ2v) is 9.69. The summed E-state index contributed by atoms with van der Waals surface area (Å²) in [7, 11) is 1.68. The fourth-order valence-electron chi connectivity index (χ4n) is 3.81. The Hall–Kier alpha value is -3.20. The van der Waals surface area contributed by atoms with E-state index in [-0.39, 0.29) is 23.9 Å². The first kappa shape index (κ1) is 23.5. The smallest absolute Gasteiger partial charge is 0.166 e. The van der Waals surface area contributed by atoms with Crippen LogP contribution in [0.1, 0.15) is 24.0 Å². The molecule has 180 valence electrons. The summed E-state index contributed by atoms with van der Waals surface area (Å²) < 4.78 is 26.6. The van der Waals surface area contributed by atoms with E-state index < -0.39 is 5.82 Å². The lowest BCUT2D eigenvalue weighted by Crippen LogP contribution is -2.18. The van der Waals surface area contributed by atoms with Gasteiger partial charge in [-0.2, -0.15) is 0 Å². The van der Waals surface area contributed by atoms with Gasteiger partial charge in [-0.15, -0.1) is 11.3 Å². The lowest BCUT2D eigenvalue weighted by molar-refractivity contribution is -0.119. The molecule has 1 aromatic carbocycles. The molecule has 5 rings (SSSR count). The number of nitrogens with one attached hydrogen (secondary N) is 1. The molecule has 4 aromatic rings. The molecule has 1 aliphatic rings. The molecular formula is C27H26FN3O3S. The van der Waals surface area contributed by atoms with E-state index in [1.165, 1.54) is 17.4 Å². The van der Waals surface area contributed by atoms with Crippen LogP contribution in [-0.2, 0) is 22.5 Å². The van der Waals surface area contributed by atoms with E-state index in [0.29, 0.717) is 17.9 Å². The van der Waals surface area contributed by atoms with Crippen molar-refractivity contribution in [3.05, 3.63) is 71.8 Å². The van der Waals surface area contributed by atoms with Crippen LogP contribution in [0.25, 0.3) is 20.8 Å². The molecule has 6 nitrogen and oxygen atoms in total. The standard InChI is InChI=1S/C27H26FN3O3S/c1-33-11-10-29-15-18-2-6-21(31-16-18)26-14-22-27(35-26)25(8-9-30-22)34-24-7-3-17(12-20(24)28)13-23(32)19-4-5-19/h2-3,6-9,12,14,16,19,29H,4-5,10-11,13,15H2,1H3. The number of nitrogens with zero attached hydrogens (tertiary/aromatic N) is 2. The summed E-state index contributed by atoms with van der Waals surface area (Å²) in [5.74, 6) is 0.521. The summed E-state index contributed by atoms with van der Waals surface area (Å²) in [6.07, 6.45) is 5.68. The van der Waals surface area contributed by atoms with Gasteiger partial charge in [0.1, 0.15) is 11.5 Å². The quantitative estimate of drug-likeness (QED) is 0.278. The van der Waals surface area contributed by atoms with E-state index >= 15 is 0 Å². The summed E-state index contributed by atoms with van der Waals surface area (Å²) in [5, 5.41) is 3.30. The lowest BCUT2D eigenvalue weighted by atomic mass is 10.1. The zero-order chi connectivity index (χ0) is 24.2. The number of pyridine rings is 2. The zero-order valence-electron chi connectivity index (χ0n) is 19.4. The van der Waals surface area contributed by atoms with Crippen molar-refractivity contribution >= 4 is 27.3 Å². The normalized spacial score (nSPS) is 13.3. The van der Waals surface area contributed by atoms with E-state index in [0.717, 1.165) is 52.3 Å². The van der Waals surface area contributed by atoms with Crippen LogP contribution < -0.4 is 10.1 Å². The molecule has 8 heteroatoms. The molecule has 0 unspecified atom stereocenters. The van der Waals surface area contributed by atoms with Gasteiger partial charge in [-0.1, -0.05) is 12.1 Å². The Kier molecular flexibility index (Phi) is 7.13. The molecule has 1 fully saturated rings. The fraction of sp³-hybridized carbons (Fsp3) is 0.296. The van der Waals surface area contributed by atoms with Gasteiger partial charge in [0.2, 0.25) is 0 Å². The summed E-state index contributed by atoms with van der Waals surface area (Å²) in [5.41, 5.74) is 3.37. The Morgan fingerprint density at radius 3 is 2.71 bits per heavy atom. The van der Waals surface area contributed by atoms with Crippen LogP contribution in [0, 0.1) is 11.7 Å².